The molecule has 1 atom stereocenters. The van der Waals surface area contributed by atoms with Crippen LogP contribution in [0, 0.1) is 6.92 Å². The third-order valence-corrected chi connectivity index (χ3v) is 3.92. The maximum Gasteiger partial charge on any atom is 0.251 e. The molecule has 0 bridgehead atoms. The number of thioether (sulfide) groups is 1. The lowest BCUT2D eigenvalue weighted by atomic mass is 10.1. The van der Waals surface area contributed by atoms with Gasteiger partial charge in [0.1, 0.15) is 0 Å². The van der Waals surface area contributed by atoms with Crippen molar-refractivity contribution < 1.29 is 9.90 Å². The van der Waals surface area contributed by atoms with E-state index in [0.717, 1.165) is 5.56 Å². The number of amides is 1. The van der Waals surface area contributed by atoms with Crippen molar-refractivity contribution in [3.8, 4) is 0 Å². The van der Waals surface area contributed by atoms with Crippen LogP contribution in [0.5, 0.6) is 0 Å². The molecule has 18 heavy (non-hydrogen) atoms. The molecule has 1 amide bonds. The molecule has 0 fully saturated rings. The van der Waals surface area contributed by atoms with Crippen LogP contribution in [0.2, 0.25) is 5.02 Å². The van der Waals surface area contributed by atoms with E-state index in [1.807, 2.05) is 6.26 Å². The van der Waals surface area contributed by atoms with Crippen LogP contribution in [-0.2, 0) is 0 Å². The van der Waals surface area contributed by atoms with E-state index in [-0.39, 0.29) is 12.5 Å². The Kier molecular flexibility index (Phi) is 5.50. The van der Waals surface area contributed by atoms with E-state index in [2.05, 4.69) is 5.32 Å². The van der Waals surface area contributed by atoms with Crippen molar-refractivity contribution >= 4 is 29.3 Å². The number of hydrogen-bond acceptors (Lipinski definition) is 3. The molecule has 1 unspecified atom stereocenters. The van der Waals surface area contributed by atoms with Crippen LogP contribution in [0.3, 0.4) is 0 Å². The summed E-state index contributed by atoms with van der Waals surface area (Å²) in [4.78, 5) is 12.0. The zero-order valence-electron chi connectivity index (χ0n) is 10.8. The Morgan fingerprint density at radius 1 is 1.56 bits per heavy atom. The van der Waals surface area contributed by atoms with Gasteiger partial charge >= 0.3 is 0 Å². The van der Waals surface area contributed by atoms with Gasteiger partial charge in [-0.25, -0.2) is 0 Å². The summed E-state index contributed by atoms with van der Waals surface area (Å²) in [5, 5.41) is 13.3. The van der Waals surface area contributed by atoms with Gasteiger partial charge in [0, 0.05) is 22.9 Å². The topological polar surface area (TPSA) is 49.3 Å². The number of benzene rings is 1. The SMILES string of the molecule is CSCC(C)(O)CNC(=O)c1cccc(Cl)c1C. The highest BCUT2D eigenvalue weighted by atomic mass is 35.5. The van der Waals surface area contributed by atoms with Gasteiger partial charge in [0.25, 0.3) is 5.91 Å². The molecule has 5 heteroatoms. The average molecular weight is 288 g/mol. The van der Waals surface area contributed by atoms with Gasteiger partial charge in [-0.3, -0.25) is 4.79 Å². The molecule has 1 aromatic carbocycles. The third kappa shape index (κ3) is 4.19. The Morgan fingerprint density at radius 3 is 2.83 bits per heavy atom. The lowest BCUT2D eigenvalue weighted by Gasteiger charge is -2.22. The van der Waals surface area contributed by atoms with Crippen molar-refractivity contribution in [1.82, 2.24) is 5.32 Å². The highest BCUT2D eigenvalue weighted by molar-refractivity contribution is 7.98. The number of carbonyl (C=O) groups is 1. The molecule has 100 valence electrons. The molecule has 1 aromatic rings. The second-order valence-corrected chi connectivity index (χ2v) is 5.80. The molecule has 0 spiro atoms. The summed E-state index contributed by atoms with van der Waals surface area (Å²) in [6.45, 7) is 3.73. The van der Waals surface area contributed by atoms with Gasteiger partial charge < -0.3 is 10.4 Å². The summed E-state index contributed by atoms with van der Waals surface area (Å²) in [7, 11) is 0. The smallest absolute Gasteiger partial charge is 0.251 e. The summed E-state index contributed by atoms with van der Waals surface area (Å²) >= 11 is 7.50. The van der Waals surface area contributed by atoms with E-state index in [1.54, 1.807) is 32.0 Å². The second-order valence-electron chi connectivity index (χ2n) is 4.53. The molecule has 0 aliphatic heterocycles. The fourth-order valence-corrected chi connectivity index (χ4v) is 2.48. The Morgan fingerprint density at radius 2 is 2.22 bits per heavy atom. The normalized spacial score (nSPS) is 14.1. The van der Waals surface area contributed by atoms with Crippen molar-refractivity contribution in [3.05, 3.63) is 34.3 Å². The number of halogens is 1. The van der Waals surface area contributed by atoms with Crippen molar-refractivity contribution in [1.29, 1.82) is 0 Å². The van der Waals surface area contributed by atoms with Crippen LogP contribution in [-0.4, -0.2) is 35.2 Å². The molecule has 0 heterocycles. The van der Waals surface area contributed by atoms with Gasteiger partial charge in [-0.2, -0.15) is 11.8 Å². The molecule has 2 N–H and O–H groups in total. The molecule has 1 rings (SSSR count). The Labute approximate surface area is 117 Å². The van der Waals surface area contributed by atoms with Gasteiger partial charge in [-0.1, -0.05) is 17.7 Å². The van der Waals surface area contributed by atoms with Crippen molar-refractivity contribution in [2.24, 2.45) is 0 Å². The fraction of sp³-hybridized carbons (Fsp3) is 0.462. The first-order chi connectivity index (χ1) is 8.37. The van der Waals surface area contributed by atoms with E-state index in [1.165, 1.54) is 11.8 Å². The molecule has 0 aromatic heterocycles. The van der Waals surface area contributed by atoms with Gasteiger partial charge in [-0.15, -0.1) is 0 Å². The first-order valence-electron chi connectivity index (χ1n) is 5.62. The van der Waals surface area contributed by atoms with E-state index in [9.17, 15) is 9.90 Å². The zero-order chi connectivity index (χ0) is 13.8. The van der Waals surface area contributed by atoms with Gasteiger partial charge in [-0.05, 0) is 37.8 Å². The third-order valence-electron chi connectivity index (χ3n) is 2.60. The fourth-order valence-electron chi connectivity index (χ4n) is 1.58. The molecule has 0 aliphatic carbocycles. The lowest BCUT2D eigenvalue weighted by Crippen LogP contribution is -2.42. The van der Waals surface area contributed by atoms with Crippen molar-refractivity contribution in [2.75, 3.05) is 18.6 Å². The lowest BCUT2D eigenvalue weighted by molar-refractivity contribution is 0.0724. The minimum Gasteiger partial charge on any atom is -0.387 e. The van der Waals surface area contributed by atoms with Crippen LogP contribution in [0.4, 0.5) is 0 Å². The van der Waals surface area contributed by atoms with Crippen LogP contribution in [0.15, 0.2) is 18.2 Å². The molecule has 3 nitrogen and oxygen atoms in total. The number of carbonyl (C=O) groups excluding carboxylic acids is 1. The minimum atomic E-state index is -0.901. The van der Waals surface area contributed by atoms with E-state index >= 15 is 0 Å². The second kappa shape index (κ2) is 6.45. The van der Waals surface area contributed by atoms with Crippen LogP contribution in [0.1, 0.15) is 22.8 Å². The van der Waals surface area contributed by atoms with Crippen LogP contribution < -0.4 is 5.32 Å². The Bertz CT molecular complexity index is 435. The van der Waals surface area contributed by atoms with Gasteiger partial charge in [0.05, 0.1) is 5.60 Å². The van der Waals surface area contributed by atoms with E-state index in [4.69, 9.17) is 11.6 Å². The number of hydrogen-bond donors (Lipinski definition) is 2. The Hall–Kier alpha value is -0.710. The summed E-state index contributed by atoms with van der Waals surface area (Å²) in [6, 6.07) is 5.21. The van der Waals surface area contributed by atoms with Crippen molar-refractivity contribution in [3.63, 3.8) is 0 Å². The average Bonchev–Trinajstić information content (AvgIpc) is 2.30. The highest BCUT2D eigenvalue weighted by Crippen LogP contribution is 2.18. The molecular weight excluding hydrogens is 270 g/mol. The molecule has 0 saturated heterocycles. The first kappa shape index (κ1) is 15.3. The van der Waals surface area contributed by atoms with Crippen LogP contribution >= 0.6 is 23.4 Å². The number of nitrogens with one attached hydrogen (secondary N) is 1. The molecular formula is C13H18ClNO2S. The first-order valence-corrected chi connectivity index (χ1v) is 7.39. The zero-order valence-corrected chi connectivity index (χ0v) is 12.4. The molecule has 0 saturated carbocycles. The minimum absolute atomic E-state index is 0.212. The standard InChI is InChI=1S/C13H18ClNO2S/c1-9-10(5-4-6-11(9)14)12(16)15-7-13(2,17)8-18-3/h4-6,17H,7-8H2,1-3H3,(H,15,16). The highest BCUT2D eigenvalue weighted by Gasteiger charge is 2.21. The number of rotatable bonds is 5. The predicted molar refractivity (Wildman–Crippen MR) is 77.5 cm³/mol. The summed E-state index contributed by atoms with van der Waals surface area (Å²) in [6.07, 6.45) is 1.91. The molecule has 0 aliphatic rings. The Balaban J connectivity index is 2.69. The maximum atomic E-state index is 12.0. The van der Waals surface area contributed by atoms with E-state index in [0.29, 0.717) is 16.3 Å². The monoisotopic (exact) mass is 287 g/mol. The maximum absolute atomic E-state index is 12.0. The van der Waals surface area contributed by atoms with Crippen molar-refractivity contribution in [2.45, 2.75) is 19.4 Å². The van der Waals surface area contributed by atoms with E-state index < -0.39 is 5.60 Å². The number of aliphatic hydroxyl groups is 1. The quantitative estimate of drug-likeness (QED) is 0.875. The predicted octanol–water partition coefficient (Wildman–Crippen LogP) is 2.49. The van der Waals surface area contributed by atoms with Gasteiger partial charge in [0.2, 0.25) is 0 Å². The summed E-state index contributed by atoms with van der Waals surface area (Å²) in [5.41, 5.74) is 0.394. The summed E-state index contributed by atoms with van der Waals surface area (Å²) < 4.78 is 0. The molecule has 0 radical (unpaired) electrons. The van der Waals surface area contributed by atoms with Gasteiger partial charge in [0.15, 0.2) is 0 Å². The summed E-state index contributed by atoms with van der Waals surface area (Å²) in [5.74, 6) is 0.360. The van der Waals surface area contributed by atoms with Crippen LogP contribution in [0.25, 0.3) is 0 Å². The largest absolute Gasteiger partial charge is 0.387 e.